The van der Waals surface area contributed by atoms with E-state index in [-0.39, 0.29) is 6.01 Å². The first-order valence-electron chi connectivity index (χ1n) is 10.3. The highest BCUT2D eigenvalue weighted by Crippen LogP contribution is 2.23. The molecule has 0 radical (unpaired) electrons. The number of anilines is 2. The number of benzene rings is 1. The monoisotopic (exact) mass is 404 g/mol. The highest BCUT2D eigenvalue weighted by atomic mass is 16.5. The molecule has 0 unspecified atom stereocenters. The molecular formula is C23H28N6O. The number of aromatic nitrogens is 3. The van der Waals surface area contributed by atoms with Crippen LogP contribution in [-0.4, -0.2) is 34.3 Å². The summed E-state index contributed by atoms with van der Waals surface area (Å²) in [4.78, 5) is 15.4. The standard InChI is InChI=1S/C23H28N6O/c1-4-12-29(13-5-2)22-15-21(28-25-16-19-9-6-8-18(3)14-19)26-23(27-22)30-20-10-7-11-24-17-20/h6-11,14-17H,4-5,12-13H2,1-3H3,(H,26,27,28)/b25-16+. The molecule has 156 valence electrons. The number of hydrogen-bond donors (Lipinski definition) is 1. The summed E-state index contributed by atoms with van der Waals surface area (Å²) in [6, 6.07) is 13.9. The molecule has 0 fully saturated rings. The molecule has 0 atom stereocenters. The van der Waals surface area contributed by atoms with Crippen molar-refractivity contribution in [2.45, 2.75) is 33.6 Å². The van der Waals surface area contributed by atoms with E-state index in [1.165, 1.54) is 5.56 Å². The molecule has 0 aliphatic rings. The zero-order valence-electron chi connectivity index (χ0n) is 17.7. The van der Waals surface area contributed by atoms with Crippen LogP contribution in [-0.2, 0) is 0 Å². The molecule has 7 nitrogen and oxygen atoms in total. The highest BCUT2D eigenvalue weighted by Gasteiger charge is 2.12. The largest absolute Gasteiger partial charge is 0.423 e. The van der Waals surface area contributed by atoms with Crippen molar-refractivity contribution in [1.82, 2.24) is 15.0 Å². The van der Waals surface area contributed by atoms with E-state index in [4.69, 9.17) is 4.74 Å². The number of aryl methyl sites for hydroxylation is 1. The Kier molecular flexibility index (Phi) is 7.71. The van der Waals surface area contributed by atoms with Crippen LogP contribution in [0.2, 0.25) is 0 Å². The van der Waals surface area contributed by atoms with Gasteiger partial charge in [-0.15, -0.1) is 0 Å². The number of nitrogens with zero attached hydrogens (tertiary/aromatic N) is 5. The van der Waals surface area contributed by atoms with E-state index >= 15 is 0 Å². The summed E-state index contributed by atoms with van der Waals surface area (Å²) in [5, 5.41) is 4.34. The minimum absolute atomic E-state index is 0.256. The maximum absolute atomic E-state index is 5.84. The van der Waals surface area contributed by atoms with Gasteiger partial charge in [0, 0.05) is 25.4 Å². The second kappa shape index (κ2) is 10.9. The van der Waals surface area contributed by atoms with Crippen LogP contribution in [0.1, 0.15) is 37.8 Å². The lowest BCUT2D eigenvalue weighted by atomic mass is 10.2. The fourth-order valence-corrected chi connectivity index (χ4v) is 2.99. The van der Waals surface area contributed by atoms with Crippen LogP contribution in [0.3, 0.4) is 0 Å². The van der Waals surface area contributed by atoms with Crippen molar-refractivity contribution in [2.75, 3.05) is 23.4 Å². The van der Waals surface area contributed by atoms with Crippen molar-refractivity contribution in [2.24, 2.45) is 5.10 Å². The van der Waals surface area contributed by atoms with E-state index in [0.29, 0.717) is 11.6 Å². The minimum atomic E-state index is 0.256. The first-order chi connectivity index (χ1) is 14.7. The molecule has 7 heteroatoms. The molecule has 1 aromatic carbocycles. The smallest absolute Gasteiger partial charge is 0.326 e. The molecule has 0 aliphatic heterocycles. The zero-order chi connectivity index (χ0) is 21.2. The van der Waals surface area contributed by atoms with E-state index in [2.05, 4.69) is 63.3 Å². The summed E-state index contributed by atoms with van der Waals surface area (Å²) in [6.45, 7) is 8.18. The van der Waals surface area contributed by atoms with Crippen molar-refractivity contribution in [3.63, 3.8) is 0 Å². The highest BCUT2D eigenvalue weighted by molar-refractivity contribution is 5.80. The molecule has 0 amide bonds. The predicted octanol–water partition coefficient (Wildman–Crippen LogP) is 5.04. The third kappa shape index (κ3) is 6.27. The molecule has 30 heavy (non-hydrogen) atoms. The van der Waals surface area contributed by atoms with E-state index in [1.54, 1.807) is 18.6 Å². The van der Waals surface area contributed by atoms with Gasteiger partial charge in [-0.1, -0.05) is 43.7 Å². The van der Waals surface area contributed by atoms with E-state index < -0.39 is 0 Å². The van der Waals surface area contributed by atoms with Crippen molar-refractivity contribution < 1.29 is 4.74 Å². The quantitative estimate of drug-likeness (QED) is 0.377. The van der Waals surface area contributed by atoms with Crippen LogP contribution in [0, 0.1) is 6.92 Å². The zero-order valence-corrected chi connectivity index (χ0v) is 17.7. The van der Waals surface area contributed by atoms with Gasteiger partial charge in [0.1, 0.15) is 11.6 Å². The molecule has 0 spiro atoms. The fraction of sp³-hybridized carbons (Fsp3) is 0.304. The van der Waals surface area contributed by atoms with Crippen molar-refractivity contribution >= 4 is 17.9 Å². The van der Waals surface area contributed by atoms with Gasteiger partial charge in [0.2, 0.25) is 0 Å². The van der Waals surface area contributed by atoms with Crippen LogP contribution >= 0.6 is 0 Å². The maximum atomic E-state index is 5.84. The summed E-state index contributed by atoms with van der Waals surface area (Å²) in [5.41, 5.74) is 5.22. The van der Waals surface area contributed by atoms with Crippen molar-refractivity contribution in [1.29, 1.82) is 0 Å². The average Bonchev–Trinajstić information content (AvgIpc) is 2.74. The Hall–Kier alpha value is -3.48. The Balaban J connectivity index is 1.86. The third-order valence-electron chi connectivity index (χ3n) is 4.28. The average molecular weight is 405 g/mol. The summed E-state index contributed by atoms with van der Waals surface area (Å²) in [7, 11) is 0. The molecule has 0 saturated heterocycles. The minimum Gasteiger partial charge on any atom is -0.423 e. The second-order valence-electron chi connectivity index (χ2n) is 6.96. The lowest BCUT2D eigenvalue weighted by Gasteiger charge is -2.23. The number of nitrogens with one attached hydrogen (secondary N) is 1. The Labute approximate surface area is 177 Å². The lowest BCUT2D eigenvalue weighted by molar-refractivity contribution is 0.440. The van der Waals surface area contributed by atoms with Gasteiger partial charge in [0.15, 0.2) is 5.82 Å². The Bertz CT molecular complexity index is 955. The van der Waals surface area contributed by atoms with Crippen LogP contribution < -0.4 is 15.1 Å². The second-order valence-corrected chi connectivity index (χ2v) is 6.96. The first-order valence-corrected chi connectivity index (χ1v) is 10.3. The molecular weight excluding hydrogens is 376 g/mol. The first kappa shape index (κ1) is 21.2. The number of rotatable bonds is 10. The Morgan fingerprint density at radius 1 is 1.07 bits per heavy atom. The number of hydrogen-bond acceptors (Lipinski definition) is 7. The van der Waals surface area contributed by atoms with E-state index in [9.17, 15) is 0 Å². The Morgan fingerprint density at radius 3 is 2.60 bits per heavy atom. The van der Waals surface area contributed by atoms with Crippen molar-refractivity contribution in [3.05, 3.63) is 66.0 Å². The van der Waals surface area contributed by atoms with Crippen LogP contribution in [0.4, 0.5) is 11.6 Å². The van der Waals surface area contributed by atoms with E-state index in [0.717, 1.165) is 37.3 Å². The van der Waals surface area contributed by atoms with Gasteiger partial charge in [-0.2, -0.15) is 15.1 Å². The molecule has 3 aromatic rings. The van der Waals surface area contributed by atoms with Gasteiger partial charge in [0.25, 0.3) is 0 Å². The van der Waals surface area contributed by atoms with Crippen molar-refractivity contribution in [3.8, 4) is 11.8 Å². The molecule has 2 aromatic heterocycles. The van der Waals surface area contributed by atoms with Crippen LogP contribution in [0.25, 0.3) is 0 Å². The number of pyridine rings is 1. The summed E-state index contributed by atoms with van der Waals surface area (Å²) < 4.78 is 5.84. The van der Waals surface area contributed by atoms with E-state index in [1.807, 2.05) is 30.3 Å². The van der Waals surface area contributed by atoms with Gasteiger partial charge >= 0.3 is 6.01 Å². The predicted molar refractivity (Wildman–Crippen MR) is 122 cm³/mol. The van der Waals surface area contributed by atoms with Crippen LogP contribution in [0.5, 0.6) is 11.8 Å². The molecule has 0 saturated carbocycles. The normalized spacial score (nSPS) is 10.9. The molecule has 0 bridgehead atoms. The third-order valence-corrected chi connectivity index (χ3v) is 4.28. The van der Waals surface area contributed by atoms with Crippen LogP contribution in [0.15, 0.2) is 60.0 Å². The fourth-order valence-electron chi connectivity index (χ4n) is 2.99. The number of hydrazone groups is 1. The number of ether oxygens (including phenoxy) is 1. The molecule has 0 aliphatic carbocycles. The maximum Gasteiger partial charge on any atom is 0.326 e. The van der Waals surface area contributed by atoms with Gasteiger partial charge < -0.3 is 9.64 Å². The van der Waals surface area contributed by atoms with Gasteiger partial charge in [-0.25, -0.2) is 0 Å². The molecule has 3 rings (SSSR count). The summed E-state index contributed by atoms with van der Waals surface area (Å²) in [6.07, 6.45) is 7.15. The lowest BCUT2D eigenvalue weighted by Crippen LogP contribution is -2.26. The topological polar surface area (TPSA) is 75.5 Å². The SMILES string of the molecule is CCCN(CCC)c1cc(N/N=C/c2cccc(C)c2)nc(Oc2cccnc2)n1. The van der Waals surface area contributed by atoms with Gasteiger partial charge in [0.05, 0.1) is 12.4 Å². The Morgan fingerprint density at radius 2 is 1.90 bits per heavy atom. The van der Waals surface area contributed by atoms with Gasteiger partial charge in [-0.3, -0.25) is 10.4 Å². The summed E-state index contributed by atoms with van der Waals surface area (Å²) in [5.74, 6) is 1.96. The van der Waals surface area contributed by atoms with Gasteiger partial charge in [-0.05, 0) is 37.5 Å². The summed E-state index contributed by atoms with van der Waals surface area (Å²) >= 11 is 0. The molecule has 1 N–H and O–H groups in total. The molecule has 2 heterocycles.